The lowest BCUT2D eigenvalue weighted by Gasteiger charge is -2.20. The zero-order valence-electron chi connectivity index (χ0n) is 12.1. The van der Waals surface area contributed by atoms with Crippen LogP contribution < -0.4 is 14.8 Å². The van der Waals surface area contributed by atoms with Gasteiger partial charge in [0.15, 0.2) is 6.10 Å². The zero-order chi connectivity index (χ0) is 14.3. The molecule has 1 aromatic rings. The Kier molecular flexibility index (Phi) is 6.19. The topological polar surface area (TPSA) is 47.6 Å². The van der Waals surface area contributed by atoms with Gasteiger partial charge in [-0.25, -0.2) is 0 Å². The van der Waals surface area contributed by atoms with Gasteiger partial charge in [-0.15, -0.1) is 0 Å². The maximum absolute atomic E-state index is 12.0. The van der Waals surface area contributed by atoms with Crippen molar-refractivity contribution >= 4 is 5.91 Å². The third kappa shape index (κ3) is 4.81. The SMILES string of the molecule is CCC(C)NC(=O)C(CC)Oc1cccc(OC)c1. The number of nitrogens with one attached hydrogen (secondary N) is 1. The van der Waals surface area contributed by atoms with E-state index in [4.69, 9.17) is 9.47 Å². The molecule has 0 aromatic heterocycles. The predicted octanol–water partition coefficient (Wildman–Crippen LogP) is 2.77. The Morgan fingerprint density at radius 3 is 2.53 bits per heavy atom. The fourth-order valence-electron chi connectivity index (χ4n) is 1.60. The van der Waals surface area contributed by atoms with Crippen molar-refractivity contribution < 1.29 is 14.3 Å². The number of hydrogen-bond acceptors (Lipinski definition) is 3. The Bertz CT molecular complexity index is 406. The van der Waals surface area contributed by atoms with Crippen molar-refractivity contribution in [2.24, 2.45) is 0 Å². The van der Waals surface area contributed by atoms with Gasteiger partial charge in [0.05, 0.1) is 7.11 Å². The molecule has 2 unspecified atom stereocenters. The Labute approximate surface area is 115 Å². The van der Waals surface area contributed by atoms with Gasteiger partial charge in [-0.2, -0.15) is 0 Å². The average Bonchev–Trinajstić information content (AvgIpc) is 2.44. The summed E-state index contributed by atoms with van der Waals surface area (Å²) < 4.78 is 10.9. The molecule has 4 nitrogen and oxygen atoms in total. The Hall–Kier alpha value is -1.71. The van der Waals surface area contributed by atoms with Crippen LogP contribution in [-0.2, 0) is 4.79 Å². The molecule has 4 heteroatoms. The second-order valence-electron chi connectivity index (χ2n) is 4.51. The third-order valence-corrected chi connectivity index (χ3v) is 2.98. The molecule has 106 valence electrons. The van der Waals surface area contributed by atoms with E-state index in [-0.39, 0.29) is 11.9 Å². The van der Waals surface area contributed by atoms with Crippen LogP contribution in [0, 0.1) is 0 Å². The number of amides is 1. The van der Waals surface area contributed by atoms with Gasteiger partial charge in [-0.3, -0.25) is 4.79 Å². The number of benzene rings is 1. The molecule has 0 aliphatic heterocycles. The highest BCUT2D eigenvalue weighted by Crippen LogP contribution is 2.20. The first-order chi connectivity index (χ1) is 9.10. The molecule has 0 aliphatic carbocycles. The molecule has 0 spiro atoms. The first kappa shape index (κ1) is 15.3. The van der Waals surface area contributed by atoms with E-state index in [0.717, 1.165) is 12.2 Å². The van der Waals surface area contributed by atoms with Gasteiger partial charge in [-0.1, -0.05) is 19.9 Å². The molecule has 0 aliphatic rings. The molecule has 0 saturated carbocycles. The van der Waals surface area contributed by atoms with Crippen molar-refractivity contribution in [1.29, 1.82) is 0 Å². The number of rotatable bonds is 7. The molecule has 0 heterocycles. The van der Waals surface area contributed by atoms with Gasteiger partial charge in [0, 0.05) is 12.1 Å². The van der Waals surface area contributed by atoms with Crippen LogP contribution in [0.5, 0.6) is 11.5 Å². The molecule has 1 aromatic carbocycles. The minimum Gasteiger partial charge on any atom is -0.497 e. The summed E-state index contributed by atoms with van der Waals surface area (Å²) >= 11 is 0. The van der Waals surface area contributed by atoms with Crippen LogP contribution in [0.3, 0.4) is 0 Å². The van der Waals surface area contributed by atoms with E-state index in [1.807, 2.05) is 39.0 Å². The maximum atomic E-state index is 12.0. The third-order valence-electron chi connectivity index (χ3n) is 2.98. The summed E-state index contributed by atoms with van der Waals surface area (Å²) in [5.41, 5.74) is 0. The highest BCUT2D eigenvalue weighted by molar-refractivity contribution is 5.81. The lowest BCUT2D eigenvalue weighted by atomic mass is 10.2. The van der Waals surface area contributed by atoms with Crippen molar-refractivity contribution in [3.8, 4) is 11.5 Å². The number of carbonyl (C=O) groups excluding carboxylic acids is 1. The largest absolute Gasteiger partial charge is 0.497 e. The summed E-state index contributed by atoms with van der Waals surface area (Å²) in [6, 6.07) is 7.44. The number of ether oxygens (including phenoxy) is 2. The molecule has 0 fully saturated rings. The molecule has 1 amide bonds. The van der Waals surface area contributed by atoms with Gasteiger partial charge < -0.3 is 14.8 Å². The van der Waals surface area contributed by atoms with Gasteiger partial charge >= 0.3 is 0 Å². The zero-order valence-corrected chi connectivity index (χ0v) is 12.1. The summed E-state index contributed by atoms with van der Waals surface area (Å²) in [7, 11) is 1.60. The quantitative estimate of drug-likeness (QED) is 0.824. The van der Waals surface area contributed by atoms with Crippen LogP contribution in [0.15, 0.2) is 24.3 Å². The first-order valence-corrected chi connectivity index (χ1v) is 6.71. The van der Waals surface area contributed by atoms with Crippen LogP contribution >= 0.6 is 0 Å². The monoisotopic (exact) mass is 265 g/mol. The first-order valence-electron chi connectivity index (χ1n) is 6.71. The van der Waals surface area contributed by atoms with E-state index < -0.39 is 6.10 Å². The Balaban J connectivity index is 2.67. The Morgan fingerprint density at radius 2 is 1.95 bits per heavy atom. The lowest BCUT2D eigenvalue weighted by molar-refractivity contribution is -0.128. The summed E-state index contributed by atoms with van der Waals surface area (Å²) in [6.45, 7) is 5.95. The van der Waals surface area contributed by atoms with E-state index >= 15 is 0 Å². The van der Waals surface area contributed by atoms with Crippen molar-refractivity contribution in [3.05, 3.63) is 24.3 Å². The van der Waals surface area contributed by atoms with Crippen LogP contribution in [0.1, 0.15) is 33.6 Å². The molecule has 19 heavy (non-hydrogen) atoms. The van der Waals surface area contributed by atoms with Gasteiger partial charge in [0.2, 0.25) is 0 Å². The van der Waals surface area contributed by atoms with Crippen molar-refractivity contribution in [2.75, 3.05) is 7.11 Å². The highest BCUT2D eigenvalue weighted by Gasteiger charge is 2.19. The van der Waals surface area contributed by atoms with Crippen molar-refractivity contribution in [1.82, 2.24) is 5.32 Å². The summed E-state index contributed by atoms with van der Waals surface area (Å²) in [5.74, 6) is 1.29. The summed E-state index contributed by atoms with van der Waals surface area (Å²) in [4.78, 5) is 12.0. The number of carbonyl (C=O) groups is 1. The van der Waals surface area contributed by atoms with E-state index in [1.54, 1.807) is 13.2 Å². The summed E-state index contributed by atoms with van der Waals surface area (Å²) in [6.07, 6.45) is 1.06. The standard InChI is InChI=1S/C15H23NO3/c1-5-11(3)16-15(17)14(6-2)19-13-9-7-8-12(10-13)18-4/h7-11,14H,5-6H2,1-4H3,(H,16,17). The van der Waals surface area contributed by atoms with Crippen LogP contribution in [0.4, 0.5) is 0 Å². The number of methoxy groups -OCH3 is 1. The minimum absolute atomic E-state index is 0.0698. The molecule has 1 rings (SSSR count). The molecule has 0 bridgehead atoms. The van der Waals surface area contributed by atoms with E-state index in [2.05, 4.69) is 5.32 Å². The normalized spacial score (nSPS) is 13.5. The molecule has 2 atom stereocenters. The van der Waals surface area contributed by atoms with E-state index in [0.29, 0.717) is 12.2 Å². The molecule has 0 radical (unpaired) electrons. The Morgan fingerprint density at radius 1 is 1.26 bits per heavy atom. The van der Waals surface area contributed by atoms with E-state index in [1.165, 1.54) is 0 Å². The molecular weight excluding hydrogens is 242 g/mol. The van der Waals surface area contributed by atoms with Crippen molar-refractivity contribution in [2.45, 2.75) is 45.8 Å². The number of hydrogen-bond donors (Lipinski definition) is 1. The van der Waals surface area contributed by atoms with Gasteiger partial charge in [0.1, 0.15) is 11.5 Å². The molecular formula is C15H23NO3. The van der Waals surface area contributed by atoms with Crippen LogP contribution in [-0.4, -0.2) is 25.2 Å². The summed E-state index contributed by atoms with van der Waals surface area (Å²) in [5, 5.41) is 2.93. The smallest absolute Gasteiger partial charge is 0.261 e. The average molecular weight is 265 g/mol. The maximum Gasteiger partial charge on any atom is 0.261 e. The second-order valence-corrected chi connectivity index (χ2v) is 4.51. The predicted molar refractivity (Wildman–Crippen MR) is 75.6 cm³/mol. The van der Waals surface area contributed by atoms with Crippen LogP contribution in [0.25, 0.3) is 0 Å². The minimum atomic E-state index is -0.471. The highest BCUT2D eigenvalue weighted by atomic mass is 16.5. The molecule has 0 saturated heterocycles. The van der Waals surface area contributed by atoms with Gasteiger partial charge in [-0.05, 0) is 31.9 Å². The van der Waals surface area contributed by atoms with Crippen LogP contribution in [0.2, 0.25) is 0 Å². The van der Waals surface area contributed by atoms with Crippen molar-refractivity contribution in [3.63, 3.8) is 0 Å². The fraction of sp³-hybridized carbons (Fsp3) is 0.533. The fourth-order valence-corrected chi connectivity index (χ4v) is 1.60. The second kappa shape index (κ2) is 7.67. The van der Waals surface area contributed by atoms with E-state index in [9.17, 15) is 4.79 Å². The molecule has 1 N–H and O–H groups in total. The lowest BCUT2D eigenvalue weighted by Crippen LogP contribution is -2.42. The van der Waals surface area contributed by atoms with Gasteiger partial charge in [0.25, 0.3) is 5.91 Å².